The molecular formula is C25H22N4O6. The summed E-state index contributed by atoms with van der Waals surface area (Å²) in [5, 5.41) is 38.0. The number of carboxylic acids is 2. The summed E-state index contributed by atoms with van der Waals surface area (Å²) in [6, 6.07) is 14.7. The summed E-state index contributed by atoms with van der Waals surface area (Å²) < 4.78 is 5.42. The number of phenolic OH excluding ortho intramolecular Hbond substituents is 1. The number of hydrogen-bond acceptors (Lipinski definition) is 6. The number of carbonyl (C=O) groups is 2. The molecular weight excluding hydrogens is 452 g/mol. The molecule has 0 unspecified atom stereocenters. The number of fused-ring (bicyclic) bond motifs is 1. The SMILES string of the molecule is COc1ccccc1-c1cc([C@@H](CC(=O)O)C(=O)O)cc(-c2nc3ccc(C(=N)N)cc3[nH]2)c1O. The fourth-order valence-corrected chi connectivity index (χ4v) is 3.94. The maximum absolute atomic E-state index is 12.0. The maximum Gasteiger partial charge on any atom is 0.311 e. The molecule has 0 aliphatic rings. The van der Waals surface area contributed by atoms with E-state index in [0.717, 1.165) is 0 Å². The number of nitrogens with two attached hydrogens (primary N) is 1. The van der Waals surface area contributed by atoms with Crippen LogP contribution in [0.25, 0.3) is 33.5 Å². The number of ether oxygens (including phenoxy) is 1. The number of aliphatic carboxylic acids is 2. The van der Waals surface area contributed by atoms with Crippen LogP contribution in [0.1, 0.15) is 23.5 Å². The molecule has 0 bridgehead atoms. The number of rotatable bonds is 8. The summed E-state index contributed by atoms with van der Waals surface area (Å²) in [6.45, 7) is 0. The minimum Gasteiger partial charge on any atom is -0.507 e. The first-order valence-electron chi connectivity index (χ1n) is 10.5. The van der Waals surface area contributed by atoms with Crippen LogP contribution in [0.3, 0.4) is 0 Å². The molecule has 4 rings (SSSR count). The molecule has 1 heterocycles. The Bertz CT molecular complexity index is 1480. The van der Waals surface area contributed by atoms with E-state index in [0.29, 0.717) is 27.9 Å². The summed E-state index contributed by atoms with van der Waals surface area (Å²) in [4.78, 5) is 30.9. The third-order valence-corrected chi connectivity index (χ3v) is 5.66. The average molecular weight is 474 g/mol. The van der Waals surface area contributed by atoms with Crippen molar-refractivity contribution < 1.29 is 29.6 Å². The van der Waals surface area contributed by atoms with Gasteiger partial charge in [0.05, 0.1) is 36.0 Å². The van der Waals surface area contributed by atoms with Gasteiger partial charge in [-0.15, -0.1) is 0 Å². The number of imidazole rings is 1. The third-order valence-electron chi connectivity index (χ3n) is 5.66. The van der Waals surface area contributed by atoms with Gasteiger partial charge in [-0.25, -0.2) is 4.98 Å². The second kappa shape index (κ2) is 9.18. The molecule has 0 radical (unpaired) electrons. The zero-order chi connectivity index (χ0) is 25.3. The molecule has 0 spiro atoms. The number of nitrogen functional groups attached to an aromatic ring is 1. The van der Waals surface area contributed by atoms with Crippen molar-refractivity contribution in [2.75, 3.05) is 7.11 Å². The lowest BCUT2D eigenvalue weighted by molar-refractivity contribution is -0.145. The van der Waals surface area contributed by atoms with Crippen LogP contribution in [0.15, 0.2) is 54.6 Å². The van der Waals surface area contributed by atoms with Crippen LogP contribution in [0.5, 0.6) is 11.5 Å². The highest BCUT2D eigenvalue weighted by molar-refractivity contribution is 5.98. The monoisotopic (exact) mass is 474 g/mol. The molecule has 0 saturated carbocycles. The molecule has 1 aromatic heterocycles. The van der Waals surface area contributed by atoms with Gasteiger partial charge in [0, 0.05) is 16.7 Å². The Morgan fingerprint density at radius 1 is 1.09 bits per heavy atom. The van der Waals surface area contributed by atoms with Crippen LogP contribution in [-0.4, -0.2) is 50.2 Å². The lowest BCUT2D eigenvalue weighted by Crippen LogP contribution is -2.16. The number of nitrogens with zero attached hydrogens (tertiary/aromatic N) is 1. The number of methoxy groups -OCH3 is 1. The Hall–Kier alpha value is -4.86. The smallest absolute Gasteiger partial charge is 0.311 e. The standard InChI is InChI=1S/C25H22N4O6/c1-35-20-5-3-2-4-14(20)16-8-13(15(25(33)34)11-21(30)31)9-17(22(16)32)24-28-18-7-6-12(23(26)27)10-19(18)29-24/h2-10,15,32H,11H2,1H3,(H3,26,27)(H,28,29)(H,30,31)(H,33,34)/t15-/m1/s1. The Balaban J connectivity index is 1.99. The van der Waals surface area contributed by atoms with E-state index in [1.165, 1.54) is 19.2 Å². The zero-order valence-electron chi connectivity index (χ0n) is 18.6. The fraction of sp³-hybridized carbons (Fsp3) is 0.120. The number of benzene rings is 3. The predicted octanol–water partition coefficient (Wildman–Crippen LogP) is 3.54. The van der Waals surface area contributed by atoms with E-state index in [4.69, 9.17) is 15.9 Å². The Morgan fingerprint density at radius 3 is 2.46 bits per heavy atom. The molecule has 0 fully saturated rings. The molecule has 10 heteroatoms. The Labute approximate surface area is 199 Å². The topological polar surface area (TPSA) is 183 Å². The molecule has 0 aliphatic carbocycles. The van der Waals surface area contributed by atoms with E-state index >= 15 is 0 Å². The third kappa shape index (κ3) is 4.49. The van der Waals surface area contributed by atoms with Crippen LogP contribution >= 0.6 is 0 Å². The van der Waals surface area contributed by atoms with Crippen molar-refractivity contribution in [1.82, 2.24) is 9.97 Å². The molecule has 35 heavy (non-hydrogen) atoms. The highest BCUT2D eigenvalue weighted by Crippen LogP contribution is 2.43. The van der Waals surface area contributed by atoms with Gasteiger partial charge in [0.1, 0.15) is 23.2 Å². The van der Waals surface area contributed by atoms with Gasteiger partial charge in [-0.3, -0.25) is 15.0 Å². The molecule has 10 nitrogen and oxygen atoms in total. The van der Waals surface area contributed by atoms with Crippen molar-refractivity contribution in [3.05, 3.63) is 65.7 Å². The van der Waals surface area contributed by atoms with Crippen LogP contribution < -0.4 is 10.5 Å². The van der Waals surface area contributed by atoms with Gasteiger partial charge in [0.25, 0.3) is 0 Å². The van der Waals surface area contributed by atoms with E-state index < -0.39 is 24.3 Å². The van der Waals surface area contributed by atoms with Crippen LogP contribution in [0, 0.1) is 5.41 Å². The normalized spacial score (nSPS) is 11.8. The number of H-pyrrole nitrogens is 1. The first kappa shape index (κ1) is 23.3. The van der Waals surface area contributed by atoms with E-state index in [1.54, 1.807) is 42.5 Å². The van der Waals surface area contributed by atoms with Crippen molar-refractivity contribution in [2.24, 2.45) is 5.73 Å². The first-order valence-corrected chi connectivity index (χ1v) is 10.5. The van der Waals surface area contributed by atoms with E-state index in [2.05, 4.69) is 9.97 Å². The number of aromatic nitrogens is 2. The zero-order valence-corrected chi connectivity index (χ0v) is 18.6. The van der Waals surface area contributed by atoms with Crippen LogP contribution in [-0.2, 0) is 9.59 Å². The summed E-state index contributed by atoms with van der Waals surface area (Å²) in [5.41, 5.74) is 8.25. The Morgan fingerprint density at radius 2 is 1.80 bits per heavy atom. The first-order chi connectivity index (χ1) is 16.7. The Kier molecular flexibility index (Phi) is 6.11. The van der Waals surface area contributed by atoms with Crippen molar-refractivity contribution in [1.29, 1.82) is 5.41 Å². The number of amidine groups is 1. The molecule has 3 aromatic carbocycles. The molecule has 178 valence electrons. The van der Waals surface area contributed by atoms with Gasteiger partial charge in [-0.1, -0.05) is 18.2 Å². The second-order valence-electron chi connectivity index (χ2n) is 7.88. The van der Waals surface area contributed by atoms with Crippen molar-refractivity contribution in [3.8, 4) is 34.0 Å². The quantitative estimate of drug-likeness (QED) is 0.165. The average Bonchev–Trinajstić information content (AvgIpc) is 3.25. The highest BCUT2D eigenvalue weighted by Gasteiger charge is 2.27. The second-order valence-corrected chi connectivity index (χ2v) is 7.88. The number of carboxylic acid groups (broad SMARTS) is 2. The molecule has 0 aliphatic heterocycles. The maximum atomic E-state index is 12.0. The number of para-hydroxylation sites is 1. The van der Waals surface area contributed by atoms with Crippen molar-refractivity contribution in [3.63, 3.8) is 0 Å². The van der Waals surface area contributed by atoms with Gasteiger partial charge in [-0.05, 0) is 42.0 Å². The summed E-state index contributed by atoms with van der Waals surface area (Å²) in [7, 11) is 1.47. The summed E-state index contributed by atoms with van der Waals surface area (Å²) in [5.74, 6) is -3.60. The minimum absolute atomic E-state index is 0.121. The van der Waals surface area contributed by atoms with E-state index in [-0.39, 0.29) is 34.1 Å². The number of nitrogens with one attached hydrogen (secondary N) is 2. The number of aromatic hydroxyl groups is 1. The number of phenols is 1. The molecule has 1 atom stereocenters. The van der Waals surface area contributed by atoms with Gasteiger partial charge in [0.15, 0.2) is 0 Å². The molecule has 7 N–H and O–H groups in total. The number of hydrogen-bond donors (Lipinski definition) is 6. The highest BCUT2D eigenvalue weighted by atomic mass is 16.5. The van der Waals surface area contributed by atoms with Crippen LogP contribution in [0.2, 0.25) is 0 Å². The van der Waals surface area contributed by atoms with Gasteiger partial charge >= 0.3 is 11.9 Å². The van der Waals surface area contributed by atoms with Gasteiger partial charge < -0.3 is 30.8 Å². The van der Waals surface area contributed by atoms with Crippen LogP contribution in [0.4, 0.5) is 0 Å². The van der Waals surface area contributed by atoms with Crippen molar-refractivity contribution in [2.45, 2.75) is 12.3 Å². The van der Waals surface area contributed by atoms with Crippen molar-refractivity contribution >= 4 is 28.8 Å². The van der Waals surface area contributed by atoms with Gasteiger partial charge in [0.2, 0.25) is 0 Å². The summed E-state index contributed by atoms with van der Waals surface area (Å²) >= 11 is 0. The molecule has 0 saturated heterocycles. The largest absolute Gasteiger partial charge is 0.507 e. The van der Waals surface area contributed by atoms with E-state index in [1.807, 2.05) is 0 Å². The van der Waals surface area contributed by atoms with E-state index in [9.17, 15) is 24.9 Å². The minimum atomic E-state index is -1.37. The number of aromatic amines is 1. The lowest BCUT2D eigenvalue weighted by Gasteiger charge is -2.17. The predicted molar refractivity (Wildman–Crippen MR) is 129 cm³/mol. The summed E-state index contributed by atoms with van der Waals surface area (Å²) in [6.07, 6.45) is -0.646. The van der Waals surface area contributed by atoms with Gasteiger partial charge in [-0.2, -0.15) is 0 Å². The lowest BCUT2D eigenvalue weighted by atomic mass is 9.89. The molecule has 0 amide bonds. The fourth-order valence-electron chi connectivity index (χ4n) is 3.94. The molecule has 4 aromatic rings.